The van der Waals surface area contributed by atoms with Gasteiger partial charge in [0.25, 0.3) is 0 Å². The van der Waals surface area contributed by atoms with Gasteiger partial charge in [0, 0.05) is 24.8 Å². The molecule has 6 nitrogen and oxygen atoms in total. The smallest absolute Gasteiger partial charge is 0.337 e. The monoisotopic (exact) mass is 300 g/mol. The first-order chi connectivity index (χ1) is 8.13. The highest BCUT2D eigenvalue weighted by Crippen LogP contribution is 1.95. The van der Waals surface area contributed by atoms with Crippen LogP contribution in [-0.4, -0.2) is 48.3 Å². The van der Waals surface area contributed by atoms with Gasteiger partial charge in [-0.1, -0.05) is 11.8 Å². The summed E-state index contributed by atoms with van der Waals surface area (Å²) < 4.78 is 0. The molecule has 0 heterocycles. The Morgan fingerprint density at radius 3 is 2.29 bits per heavy atom. The molecule has 0 aromatic carbocycles. The molecule has 0 radical (unpaired) electrons. The van der Waals surface area contributed by atoms with Crippen molar-refractivity contribution in [2.45, 2.75) is 0 Å². The van der Waals surface area contributed by atoms with E-state index in [0.717, 1.165) is 11.8 Å². The molecule has 0 atom stereocenters. The average Bonchev–Trinajstić information content (AvgIpc) is 2.32. The molecule has 0 bridgehead atoms. The lowest BCUT2D eigenvalue weighted by molar-refractivity contribution is 0.246. The summed E-state index contributed by atoms with van der Waals surface area (Å²) in [6, 6.07) is -1.00. The number of nitrogens with zero attached hydrogens (tertiary/aromatic N) is 1. The Hall–Kier alpha value is -0.660. The van der Waals surface area contributed by atoms with Gasteiger partial charge in [-0.2, -0.15) is 4.99 Å². The van der Waals surface area contributed by atoms with E-state index in [9.17, 15) is 9.59 Å². The van der Waals surface area contributed by atoms with Gasteiger partial charge >= 0.3 is 12.1 Å². The van der Waals surface area contributed by atoms with Crippen molar-refractivity contribution in [2.75, 3.05) is 31.1 Å². The number of hydrogen-bond donors (Lipinski definition) is 3. The quantitative estimate of drug-likeness (QED) is 0.414. The molecule has 0 aliphatic rings. The molecule has 4 amide bonds. The van der Waals surface area contributed by atoms with E-state index in [4.69, 9.17) is 23.2 Å². The molecule has 0 fully saturated rings. The van der Waals surface area contributed by atoms with E-state index in [1.54, 1.807) is 6.26 Å². The van der Waals surface area contributed by atoms with Gasteiger partial charge in [-0.15, -0.1) is 23.2 Å². The lowest BCUT2D eigenvalue weighted by Crippen LogP contribution is -2.39. The van der Waals surface area contributed by atoms with Gasteiger partial charge in [0.15, 0.2) is 5.17 Å². The zero-order valence-corrected chi connectivity index (χ0v) is 11.6. The van der Waals surface area contributed by atoms with Gasteiger partial charge in [0.1, 0.15) is 0 Å². The Bertz CT molecular complexity index is 289. The summed E-state index contributed by atoms with van der Waals surface area (Å²) in [5, 5.41) is 7.55. The highest BCUT2D eigenvalue weighted by atomic mass is 35.5. The van der Waals surface area contributed by atoms with Crippen LogP contribution in [0.2, 0.25) is 0 Å². The maximum absolute atomic E-state index is 11.2. The SMILES string of the molecule is CSC(=NC(=O)NCCCl)NC(=O)NCCCl. The zero-order valence-electron chi connectivity index (χ0n) is 9.26. The van der Waals surface area contributed by atoms with E-state index in [1.807, 2.05) is 0 Å². The van der Waals surface area contributed by atoms with E-state index < -0.39 is 12.1 Å². The summed E-state index contributed by atoms with van der Waals surface area (Å²) in [6.45, 7) is 0.664. The van der Waals surface area contributed by atoms with E-state index in [2.05, 4.69) is 20.9 Å². The Morgan fingerprint density at radius 2 is 1.76 bits per heavy atom. The first-order valence-electron chi connectivity index (χ1n) is 4.71. The third-order valence-electron chi connectivity index (χ3n) is 1.37. The minimum atomic E-state index is -0.548. The van der Waals surface area contributed by atoms with E-state index in [0.29, 0.717) is 24.8 Å². The van der Waals surface area contributed by atoms with Crippen molar-refractivity contribution in [3.05, 3.63) is 0 Å². The molecular formula is C8H14Cl2N4O2S. The van der Waals surface area contributed by atoms with Crippen molar-refractivity contribution in [2.24, 2.45) is 4.99 Å². The van der Waals surface area contributed by atoms with Crippen LogP contribution in [-0.2, 0) is 0 Å². The second-order valence-corrected chi connectivity index (χ2v) is 4.16. The van der Waals surface area contributed by atoms with E-state index in [-0.39, 0.29) is 5.17 Å². The molecule has 0 aliphatic carbocycles. The first-order valence-corrected chi connectivity index (χ1v) is 7.00. The third-order valence-corrected chi connectivity index (χ3v) is 2.33. The van der Waals surface area contributed by atoms with Crippen LogP contribution < -0.4 is 16.0 Å². The molecule has 0 rings (SSSR count). The van der Waals surface area contributed by atoms with Gasteiger partial charge in [-0.25, -0.2) is 9.59 Å². The summed E-state index contributed by atoms with van der Waals surface area (Å²) in [5.74, 6) is 0.620. The summed E-state index contributed by atoms with van der Waals surface area (Å²) in [5.41, 5.74) is 0. The first kappa shape index (κ1) is 16.3. The maximum atomic E-state index is 11.2. The summed E-state index contributed by atoms with van der Waals surface area (Å²) in [7, 11) is 0. The van der Waals surface area contributed by atoms with Gasteiger partial charge in [-0.3, -0.25) is 5.32 Å². The summed E-state index contributed by atoms with van der Waals surface area (Å²) in [4.78, 5) is 26.1. The number of amidine groups is 1. The van der Waals surface area contributed by atoms with Crippen LogP contribution in [0.25, 0.3) is 0 Å². The molecule has 3 N–H and O–H groups in total. The van der Waals surface area contributed by atoms with Gasteiger partial charge in [0.2, 0.25) is 0 Å². The predicted octanol–water partition coefficient (Wildman–Crippen LogP) is 1.19. The molecule has 0 aliphatic heterocycles. The van der Waals surface area contributed by atoms with E-state index in [1.165, 1.54) is 0 Å². The highest BCUT2D eigenvalue weighted by molar-refractivity contribution is 8.13. The summed E-state index contributed by atoms with van der Waals surface area (Å²) >= 11 is 11.9. The Balaban J connectivity index is 4.16. The second kappa shape index (κ2) is 10.5. The predicted molar refractivity (Wildman–Crippen MR) is 72.3 cm³/mol. The number of halogens is 2. The Kier molecular flexibility index (Phi) is 10.1. The molecule has 0 spiro atoms. The minimum Gasteiger partial charge on any atom is -0.337 e. The number of carbonyl (C=O) groups is 2. The van der Waals surface area contributed by atoms with Crippen molar-refractivity contribution < 1.29 is 9.59 Å². The number of thioether (sulfide) groups is 1. The standard InChI is InChI=1S/C8H14Cl2N4O2S/c1-17-8(13-6(15)11-4-2-9)14-7(16)12-5-3-10/h2-5H2,1H3,(H3,11,12,13,14,15,16). The van der Waals surface area contributed by atoms with Crippen LogP contribution in [0.1, 0.15) is 0 Å². The number of rotatable bonds is 4. The fraction of sp³-hybridized carbons (Fsp3) is 0.625. The summed E-state index contributed by atoms with van der Waals surface area (Å²) in [6.07, 6.45) is 1.69. The number of urea groups is 2. The number of hydrogen-bond acceptors (Lipinski definition) is 3. The minimum absolute atomic E-state index is 0.198. The Morgan fingerprint density at radius 1 is 1.18 bits per heavy atom. The number of alkyl halides is 2. The van der Waals surface area contributed by atoms with Crippen LogP contribution >= 0.6 is 35.0 Å². The second-order valence-electron chi connectivity index (χ2n) is 2.61. The molecular weight excluding hydrogens is 287 g/mol. The largest absolute Gasteiger partial charge is 0.343 e. The molecule has 98 valence electrons. The zero-order chi connectivity index (χ0) is 13.1. The lowest BCUT2D eigenvalue weighted by atomic mass is 10.7. The lowest BCUT2D eigenvalue weighted by Gasteiger charge is -2.06. The number of nitrogens with one attached hydrogen (secondary N) is 3. The van der Waals surface area contributed by atoms with Crippen molar-refractivity contribution in [1.82, 2.24) is 16.0 Å². The molecule has 0 aromatic heterocycles. The van der Waals surface area contributed by atoms with Gasteiger partial charge < -0.3 is 10.6 Å². The number of aliphatic imine (C=N–C) groups is 1. The molecule has 9 heteroatoms. The topological polar surface area (TPSA) is 82.6 Å². The van der Waals surface area contributed by atoms with Crippen molar-refractivity contribution >= 4 is 52.2 Å². The maximum Gasteiger partial charge on any atom is 0.343 e. The average molecular weight is 301 g/mol. The van der Waals surface area contributed by atoms with Crippen molar-refractivity contribution in [3.8, 4) is 0 Å². The van der Waals surface area contributed by atoms with Crippen molar-refractivity contribution in [3.63, 3.8) is 0 Å². The fourth-order valence-corrected chi connectivity index (χ4v) is 1.27. The van der Waals surface area contributed by atoms with Crippen LogP contribution in [0.3, 0.4) is 0 Å². The van der Waals surface area contributed by atoms with Crippen LogP contribution in [0.4, 0.5) is 9.59 Å². The fourth-order valence-electron chi connectivity index (χ4n) is 0.713. The Labute approximate surface area is 114 Å². The van der Waals surface area contributed by atoms with E-state index >= 15 is 0 Å². The van der Waals surface area contributed by atoms with Crippen LogP contribution in [0.15, 0.2) is 4.99 Å². The van der Waals surface area contributed by atoms with Crippen LogP contribution in [0, 0.1) is 0 Å². The molecule has 0 saturated heterocycles. The molecule has 0 aromatic rings. The third kappa shape index (κ3) is 9.08. The van der Waals surface area contributed by atoms with Crippen LogP contribution in [0.5, 0.6) is 0 Å². The molecule has 0 saturated carbocycles. The highest BCUT2D eigenvalue weighted by Gasteiger charge is 2.06. The van der Waals surface area contributed by atoms with Gasteiger partial charge in [0.05, 0.1) is 0 Å². The molecule has 17 heavy (non-hydrogen) atoms. The normalized spacial score (nSPS) is 10.9. The number of amides is 4. The number of carbonyl (C=O) groups excluding carboxylic acids is 2. The van der Waals surface area contributed by atoms with Crippen molar-refractivity contribution in [1.29, 1.82) is 0 Å². The molecule has 0 unspecified atom stereocenters. The van der Waals surface area contributed by atoms with Gasteiger partial charge in [-0.05, 0) is 6.26 Å².